The van der Waals surface area contributed by atoms with E-state index in [4.69, 9.17) is 0 Å². The van der Waals surface area contributed by atoms with Gasteiger partial charge in [0, 0.05) is 6.42 Å². The molecule has 0 radical (unpaired) electrons. The molecule has 1 aromatic rings. The first kappa shape index (κ1) is 9.39. The van der Waals surface area contributed by atoms with Crippen LogP contribution in [0.5, 0.6) is 0 Å². The normalized spacial score (nSPS) is 27.5. The Morgan fingerprint density at radius 3 is 2.56 bits per heavy atom. The van der Waals surface area contributed by atoms with Crippen molar-refractivity contribution < 1.29 is 9.59 Å². The first-order chi connectivity index (χ1) is 7.70. The largest absolute Gasteiger partial charge is 0.323 e. The van der Waals surface area contributed by atoms with Crippen LogP contribution >= 0.6 is 0 Å². The maximum Gasteiger partial charge on any atom is 0.322 e. The monoisotopic (exact) mass is 216 g/mol. The van der Waals surface area contributed by atoms with Crippen molar-refractivity contribution in [3.05, 3.63) is 35.4 Å². The Morgan fingerprint density at radius 2 is 1.88 bits per heavy atom. The molecule has 3 rings (SSSR count). The van der Waals surface area contributed by atoms with Gasteiger partial charge in [-0.2, -0.15) is 0 Å². The number of hydrogen-bond acceptors (Lipinski definition) is 2. The van der Waals surface area contributed by atoms with Gasteiger partial charge in [0.2, 0.25) is 0 Å². The Bertz CT molecular complexity index is 484. The molecule has 82 valence electrons. The molecule has 0 unspecified atom stereocenters. The van der Waals surface area contributed by atoms with Crippen LogP contribution in [0.15, 0.2) is 24.3 Å². The topological polar surface area (TPSA) is 58.2 Å². The predicted molar refractivity (Wildman–Crippen MR) is 57.9 cm³/mol. The number of carbonyl (C=O) groups is 2. The van der Waals surface area contributed by atoms with Gasteiger partial charge in [-0.25, -0.2) is 4.79 Å². The number of aryl methyl sites for hydroxylation is 1. The molecule has 4 heteroatoms. The minimum Gasteiger partial charge on any atom is -0.323 e. The van der Waals surface area contributed by atoms with Gasteiger partial charge < -0.3 is 5.32 Å². The van der Waals surface area contributed by atoms with Gasteiger partial charge in [0.1, 0.15) is 5.54 Å². The van der Waals surface area contributed by atoms with Crippen molar-refractivity contribution >= 4 is 11.9 Å². The van der Waals surface area contributed by atoms with Crippen LogP contribution in [0.25, 0.3) is 0 Å². The van der Waals surface area contributed by atoms with Crippen molar-refractivity contribution in [3.8, 4) is 0 Å². The molecule has 0 saturated carbocycles. The second-order valence-electron chi connectivity index (χ2n) is 4.44. The minimum absolute atomic E-state index is 0.188. The van der Waals surface area contributed by atoms with Crippen molar-refractivity contribution in [1.29, 1.82) is 0 Å². The number of carbonyl (C=O) groups excluding carboxylic acids is 2. The summed E-state index contributed by atoms with van der Waals surface area (Å²) in [5.41, 5.74) is 1.74. The molecule has 1 spiro atoms. The van der Waals surface area contributed by atoms with E-state index in [0.717, 1.165) is 12.0 Å². The van der Waals surface area contributed by atoms with E-state index in [0.29, 0.717) is 12.8 Å². The average molecular weight is 216 g/mol. The summed E-state index contributed by atoms with van der Waals surface area (Å²) in [4.78, 5) is 23.0. The highest BCUT2D eigenvalue weighted by Gasteiger charge is 2.47. The van der Waals surface area contributed by atoms with Gasteiger partial charge >= 0.3 is 6.03 Å². The Kier molecular flexibility index (Phi) is 1.80. The SMILES string of the molecule is O=C1NC(=O)[C@]2(CCc3ccccc3C2)N1. The highest BCUT2D eigenvalue weighted by Crippen LogP contribution is 2.30. The zero-order chi connectivity index (χ0) is 11.2. The summed E-state index contributed by atoms with van der Waals surface area (Å²) in [6.07, 6.45) is 2.12. The van der Waals surface area contributed by atoms with E-state index < -0.39 is 5.54 Å². The molecule has 1 fully saturated rings. The fraction of sp³-hybridized carbons (Fsp3) is 0.333. The molecule has 1 saturated heterocycles. The molecular weight excluding hydrogens is 204 g/mol. The summed E-state index contributed by atoms with van der Waals surface area (Å²) in [7, 11) is 0. The lowest BCUT2D eigenvalue weighted by molar-refractivity contribution is -0.124. The molecule has 1 atom stereocenters. The van der Waals surface area contributed by atoms with Gasteiger partial charge in [-0.3, -0.25) is 10.1 Å². The van der Waals surface area contributed by atoms with E-state index in [1.165, 1.54) is 5.56 Å². The van der Waals surface area contributed by atoms with Crippen LogP contribution in [-0.2, 0) is 17.6 Å². The summed E-state index contributed by atoms with van der Waals surface area (Å²) >= 11 is 0. The number of fused-ring (bicyclic) bond motifs is 1. The third-order valence-corrected chi connectivity index (χ3v) is 3.45. The minimum atomic E-state index is -0.703. The third kappa shape index (κ3) is 1.23. The lowest BCUT2D eigenvalue weighted by Crippen LogP contribution is -2.51. The number of rotatable bonds is 0. The number of hydrogen-bond donors (Lipinski definition) is 2. The van der Waals surface area contributed by atoms with Crippen LogP contribution in [0.4, 0.5) is 4.79 Å². The number of nitrogens with one attached hydrogen (secondary N) is 2. The molecule has 16 heavy (non-hydrogen) atoms. The summed E-state index contributed by atoms with van der Waals surface area (Å²) in [5, 5.41) is 5.08. The van der Waals surface area contributed by atoms with Gasteiger partial charge in [-0.1, -0.05) is 24.3 Å². The van der Waals surface area contributed by atoms with E-state index in [1.54, 1.807) is 0 Å². The molecular formula is C12H12N2O2. The van der Waals surface area contributed by atoms with Gasteiger partial charge in [-0.05, 0) is 24.0 Å². The summed E-state index contributed by atoms with van der Waals surface area (Å²) < 4.78 is 0. The second-order valence-corrected chi connectivity index (χ2v) is 4.44. The maximum atomic E-state index is 11.8. The van der Waals surface area contributed by atoms with Crippen molar-refractivity contribution in [1.82, 2.24) is 10.6 Å². The molecule has 2 N–H and O–H groups in total. The van der Waals surface area contributed by atoms with Gasteiger partial charge in [0.05, 0.1) is 0 Å². The Hall–Kier alpha value is -1.84. The standard InChI is InChI=1S/C12H12N2O2/c15-10-12(14-11(16)13-10)6-5-8-3-1-2-4-9(8)7-12/h1-4H,5-7H2,(H2,13,14,15,16)/t12-/m1/s1. The fourth-order valence-corrected chi connectivity index (χ4v) is 2.56. The zero-order valence-electron chi connectivity index (χ0n) is 8.75. The van der Waals surface area contributed by atoms with Crippen LogP contribution in [0.3, 0.4) is 0 Å². The highest BCUT2D eigenvalue weighted by molar-refractivity contribution is 6.07. The van der Waals surface area contributed by atoms with Gasteiger partial charge in [0.25, 0.3) is 5.91 Å². The quantitative estimate of drug-likeness (QED) is 0.629. The van der Waals surface area contributed by atoms with Crippen molar-refractivity contribution in [3.63, 3.8) is 0 Å². The Morgan fingerprint density at radius 1 is 1.12 bits per heavy atom. The smallest absolute Gasteiger partial charge is 0.322 e. The lowest BCUT2D eigenvalue weighted by atomic mass is 9.78. The molecule has 1 aliphatic carbocycles. The third-order valence-electron chi connectivity index (χ3n) is 3.45. The number of benzene rings is 1. The van der Waals surface area contributed by atoms with Crippen LogP contribution in [-0.4, -0.2) is 17.5 Å². The molecule has 1 aromatic carbocycles. The van der Waals surface area contributed by atoms with Crippen molar-refractivity contribution in [2.75, 3.05) is 0 Å². The van der Waals surface area contributed by atoms with Gasteiger partial charge in [0.15, 0.2) is 0 Å². The summed E-state index contributed by atoms with van der Waals surface area (Å²) in [6, 6.07) is 7.70. The molecule has 1 heterocycles. The molecule has 2 aliphatic rings. The van der Waals surface area contributed by atoms with E-state index >= 15 is 0 Å². The molecule has 3 amide bonds. The van der Waals surface area contributed by atoms with E-state index in [-0.39, 0.29) is 11.9 Å². The predicted octanol–water partition coefficient (Wildman–Crippen LogP) is 0.754. The number of urea groups is 1. The van der Waals surface area contributed by atoms with Crippen LogP contribution in [0.2, 0.25) is 0 Å². The van der Waals surface area contributed by atoms with Crippen LogP contribution < -0.4 is 10.6 Å². The second kappa shape index (κ2) is 3.07. The molecule has 4 nitrogen and oxygen atoms in total. The number of imide groups is 1. The fourth-order valence-electron chi connectivity index (χ4n) is 2.56. The van der Waals surface area contributed by atoms with Crippen molar-refractivity contribution in [2.45, 2.75) is 24.8 Å². The zero-order valence-corrected chi connectivity index (χ0v) is 8.75. The maximum absolute atomic E-state index is 11.8. The van der Waals surface area contributed by atoms with E-state index in [2.05, 4.69) is 16.7 Å². The van der Waals surface area contributed by atoms with E-state index in [1.807, 2.05) is 18.2 Å². The van der Waals surface area contributed by atoms with Crippen LogP contribution in [0, 0.1) is 0 Å². The highest BCUT2D eigenvalue weighted by atomic mass is 16.2. The molecule has 1 aliphatic heterocycles. The lowest BCUT2D eigenvalue weighted by Gasteiger charge is -2.31. The number of amides is 3. The first-order valence-electron chi connectivity index (χ1n) is 5.40. The Balaban J connectivity index is 1.98. The van der Waals surface area contributed by atoms with Crippen molar-refractivity contribution in [2.24, 2.45) is 0 Å². The average Bonchev–Trinajstić information content (AvgIpc) is 2.53. The summed E-state index contributed by atoms with van der Waals surface area (Å²) in [5.74, 6) is -0.188. The van der Waals surface area contributed by atoms with E-state index in [9.17, 15) is 9.59 Å². The van der Waals surface area contributed by atoms with Gasteiger partial charge in [-0.15, -0.1) is 0 Å². The molecule has 0 aromatic heterocycles. The van der Waals surface area contributed by atoms with Crippen LogP contribution in [0.1, 0.15) is 17.5 Å². The Labute approximate surface area is 93.0 Å². The molecule has 0 bridgehead atoms. The summed E-state index contributed by atoms with van der Waals surface area (Å²) in [6.45, 7) is 0. The first-order valence-corrected chi connectivity index (χ1v) is 5.40.